The van der Waals surface area contributed by atoms with E-state index < -0.39 is 0 Å². The monoisotopic (exact) mass is 351 g/mol. The highest BCUT2D eigenvalue weighted by molar-refractivity contribution is 9.10. The minimum atomic E-state index is -0.348. The Morgan fingerprint density at radius 3 is 2.95 bits per heavy atom. The third-order valence-corrected chi connectivity index (χ3v) is 3.53. The number of benzene rings is 1. The minimum Gasteiger partial charge on any atom is -0.486 e. The van der Waals surface area contributed by atoms with Crippen molar-refractivity contribution in [2.24, 2.45) is 7.05 Å². The molecule has 0 atom stereocenters. The van der Waals surface area contributed by atoms with Crippen LogP contribution in [0.4, 0.5) is 10.2 Å². The maximum absolute atomic E-state index is 13.1. The van der Waals surface area contributed by atoms with E-state index >= 15 is 0 Å². The van der Waals surface area contributed by atoms with Gasteiger partial charge < -0.3 is 10.5 Å². The third kappa shape index (κ3) is 2.66. The van der Waals surface area contributed by atoms with Gasteiger partial charge in [0.2, 0.25) is 0 Å². The molecule has 0 fully saturated rings. The van der Waals surface area contributed by atoms with Crippen molar-refractivity contribution in [1.82, 2.24) is 19.7 Å². The summed E-state index contributed by atoms with van der Waals surface area (Å²) in [4.78, 5) is 8.52. The zero-order valence-electron chi connectivity index (χ0n) is 11.0. The van der Waals surface area contributed by atoms with Gasteiger partial charge in [-0.05, 0) is 34.1 Å². The summed E-state index contributed by atoms with van der Waals surface area (Å²) in [5.74, 6) is 0.950. The highest BCUT2D eigenvalue weighted by Crippen LogP contribution is 2.22. The first-order chi connectivity index (χ1) is 10.0. The van der Waals surface area contributed by atoms with Gasteiger partial charge in [0.05, 0.1) is 16.1 Å². The Labute approximate surface area is 127 Å². The molecule has 0 amide bonds. The van der Waals surface area contributed by atoms with E-state index in [1.165, 1.54) is 12.1 Å². The number of fused-ring (bicyclic) bond motifs is 1. The standard InChI is InChI=1S/C13H11BrFN5O/c1-20-13-8(5-17-20)12(16)18-11(19-13)6-21-7-2-3-10(15)9(14)4-7/h2-5H,6H2,1H3,(H2,16,18,19). The Morgan fingerprint density at radius 2 is 2.19 bits per heavy atom. The van der Waals surface area contributed by atoms with E-state index in [9.17, 15) is 4.39 Å². The molecule has 0 spiro atoms. The molecule has 1 aromatic carbocycles. The number of halogens is 2. The maximum atomic E-state index is 13.1. The number of hydrogen-bond donors (Lipinski definition) is 1. The second kappa shape index (κ2) is 5.28. The summed E-state index contributed by atoms with van der Waals surface area (Å²) in [7, 11) is 1.77. The minimum absolute atomic E-state index is 0.128. The van der Waals surface area contributed by atoms with Crippen molar-refractivity contribution in [1.29, 1.82) is 0 Å². The van der Waals surface area contributed by atoms with Gasteiger partial charge in [0.15, 0.2) is 11.5 Å². The van der Waals surface area contributed by atoms with Crippen LogP contribution in [0, 0.1) is 5.82 Å². The van der Waals surface area contributed by atoms with Gasteiger partial charge >= 0.3 is 0 Å². The fourth-order valence-corrected chi connectivity index (χ4v) is 2.23. The Morgan fingerprint density at radius 1 is 1.38 bits per heavy atom. The molecule has 0 bridgehead atoms. The van der Waals surface area contributed by atoms with E-state index in [0.717, 1.165) is 0 Å². The van der Waals surface area contributed by atoms with Crippen molar-refractivity contribution >= 4 is 32.8 Å². The van der Waals surface area contributed by atoms with Crippen LogP contribution in [0.1, 0.15) is 5.82 Å². The molecule has 0 saturated carbocycles. The first kappa shape index (κ1) is 13.7. The van der Waals surface area contributed by atoms with Gasteiger partial charge in [-0.25, -0.2) is 14.4 Å². The summed E-state index contributed by atoms with van der Waals surface area (Å²) in [5, 5.41) is 4.78. The lowest BCUT2D eigenvalue weighted by molar-refractivity contribution is 0.295. The van der Waals surface area contributed by atoms with Gasteiger partial charge in [-0.3, -0.25) is 4.68 Å². The maximum Gasteiger partial charge on any atom is 0.170 e. The third-order valence-electron chi connectivity index (χ3n) is 2.93. The number of hydrogen-bond acceptors (Lipinski definition) is 5. The van der Waals surface area contributed by atoms with Crippen LogP contribution in [0.2, 0.25) is 0 Å². The summed E-state index contributed by atoms with van der Waals surface area (Å²) in [5.41, 5.74) is 6.51. The fraction of sp³-hybridized carbons (Fsp3) is 0.154. The molecule has 3 rings (SSSR count). The number of aryl methyl sites for hydroxylation is 1. The highest BCUT2D eigenvalue weighted by atomic mass is 79.9. The quantitative estimate of drug-likeness (QED) is 0.783. The van der Waals surface area contributed by atoms with Crippen molar-refractivity contribution in [3.8, 4) is 5.75 Å². The lowest BCUT2D eigenvalue weighted by Gasteiger charge is -2.07. The summed E-state index contributed by atoms with van der Waals surface area (Å²) in [6, 6.07) is 4.40. The molecular weight excluding hydrogens is 341 g/mol. The van der Waals surface area contributed by atoms with Gasteiger partial charge in [0.25, 0.3) is 0 Å². The molecular formula is C13H11BrFN5O. The fourth-order valence-electron chi connectivity index (χ4n) is 1.87. The van der Waals surface area contributed by atoms with Gasteiger partial charge in [-0.15, -0.1) is 0 Å². The van der Waals surface area contributed by atoms with E-state index in [1.807, 2.05) is 0 Å². The van der Waals surface area contributed by atoms with E-state index in [4.69, 9.17) is 10.5 Å². The van der Waals surface area contributed by atoms with Gasteiger partial charge in [0, 0.05) is 7.05 Å². The highest BCUT2D eigenvalue weighted by Gasteiger charge is 2.10. The predicted molar refractivity (Wildman–Crippen MR) is 79.1 cm³/mol. The first-order valence-electron chi connectivity index (χ1n) is 6.06. The van der Waals surface area contributed by atoms with E-state index in [2.05, 4.69) is 31.0 Å². The second-order valence-electron chi connectivity index (χ2n) is 4.40. The van der Waals surface area contributed by atoms with Gasteiger partial charge in [0.1, 0.15) is 24.0 Å². The topological polar surface area (TPSA) is 78.9 Å². The molecule has 108 valence electrons. The Balaban J connectivity index is 1.84. The molecule has 3 aromatic rings. The molecule has 2 aromatic heterocycles. The zero-order chi connectivity index (χ0) is 15.0. The Kier molecular flexibility index (Phi) is 3.46. The smallest absolute Gasteiger partial charge is 0.170 e. The average Bonchev–Trinajstić information content (AvgIpc) is 2.83. The number of aromatic nitrogens is 4. The number of rotatable bonds is 3. The van der Waals surface area contributed by atoms with Crippen LogP contribution in [-0.2, 0) is 13.7 Å². The van der Waals surface area contributed by atoms with Crippen molar-refractivity contribution in [2.75, 3.05) is 5.73 Å². The molecule has 0 unspecified atom stereocenters. The number of nitrogen functional groups attached to an aromatic ring is 1. The number of nitrogens with two attached hydrogens (primary N) is 1. The van der Waals surface area contributed by atoms with Crippen LogP contribution in [0.15, 0.2) is 28.9 Å². The summed E-state index contributed by atoms with van der Waals surface area (Å²) >= 11 is 3.10. The molecule has 8 heteroatoms. The number of nitrogens with zero attached hydrogens (tertiary/aromatic N) is 4. The number of anilines is 1. The molecule has 0 aliphatic heterocycles. The summed E-state index contributed by atoms with van der Waals surface area (Å²) in [6.07, 6.45) is 1.62. The molecule has 6 nitrogen and oxygen atoms in total. The molecule has 0 radical (unpaired) electrons. The van der Waals surface area contributed by atoms with Crippen LogP contribution in [0.25, 0.3) is 11.0 Å². The Hall–Kier alpha value is -2.22. The predicted octanol–water partition coefficient (Wildman–Crippen LogP) is 2.43. The van der Waals surface area contributed by atoms with Crippen LogP contribution in [0.5, 0.6) is 5.75 Å². The van der Waals surface area contributed by atoms with E-state index in [0.29, 0.717) is 32.9 Å². The molecule has 2 heterocycles. The van der Waals surface area contributed by atoms with E-state index in [-0.39, 0.29) is 12.4 Å². The summed E-state index contributed by atoms with van der Waals surface area (Å²) in [6.45, 7) is 0.128. The average molecular weight is 352 g/mol. The van der Waals surface area contributed by atoms with Crippen LogP contribution in [-0.4, -0.2) is 19.7 Å². The Bertz CT molecular complexity index is 820. The second-order valence-corrected chi connectivity index (χ2v) is 5.25. The molecule has 2 N–H and O–H groups in total. The molecule has 0 saturated heterocycles. The lowest BCUT2D eigenvalue weighted by atomic mass is 10.3. The van der Waals surface area contributed by atoms with Crippen LogP contribution >= 0.6 is 15.9 Å². The number of ether oxygens (including phenoxy) is 1. The molecule has 0 aliphatic rings. The normalized spacial score (nSPS) is 11.0. The van der Waals surface area contributed by atoms with Gasteiger partial charge in [-0.2, -0.15) is 5.10 Å². The molecule has 0 aliphatic carbocycles. The van der Waals surface area contributed by atoms with Crippen LogP contribution in [0.3, 0.4) is 0 Å². The summed E-state index contributed by atoms with van der Waals surface area (Å²) < 4.78 is 20.6. The van der Waals surface area contributed by atoms with Crippen molar-refractivity contribution in [3.63, 3.8) is 0 Å². The first-order valence-corrected chi connectivity index (χ1v) is 6.86. The SMILES string of the molecule is Cn1ncc2c(N)nc(COc3ccc(F)c(Br)c3)nc21. The lowest BCUT2D eigenvalue weighted by Crippen LogP contribution is -2.06. The molecule has 21 heavy (non-hydrogen) atoms. The van der Waals surface area contributed by atoms with Crippen LogP contribution < -0.4 is 10.5 Å². The van der Waals surface area contributed by atoms with Crippen molar-refractivity contribution in [2.45, 2.75) is 6.61 Å². The van der Waals surface area contributed by atoms with Gasteiger partial charge in [-0.1, -0.05) is 0 Å². The zero-order valence-corrected chi connectivity index (χ0v) is 12.6. The van der Waals surface area contributed by atoms with Crippen molar-refractivity contribution < 1.29 is 9.13 Å². The largest absolute Gasteiger partial charge is 0.486 e. The van der Waals surface area contributed by atoms with Crippen molar-refractivity contribution in [3.05, 3.63) is 40.5 Å². The van der Waals surface area contributed by atoms with E-state index in [1.54, 1.807) is 24.0 Å².